The van der Waals surface area contributed by atoms with Crippen molar-refractivity contribution in [1.29, 1.82) is 0 Å². The number of hydrogen-bond donors (Lipinski definition) is 1. The number of rotatable bonds is 7. The molecule has 0 bridgehead atoms. The maximum Gasteiger partial charge on any atom is 0.341 e. The van der Waals surface area contributed by atoms with Crippen molar-refractivity contribution < 1.29 is 14.3 Å². The fourth-order valence-corrected chi connectivity index (χ4v) is 5.76. The highest BCUT2D eigenvalue weighted by molar-refractivity contribution is 7.99. The Bertz CT molecular complexity index is 1110. The Morgan fingerprint density at radius 3 is 2.81 bits per heavy atom. The van der Waals surface area contributed by atoms with Crippen LogP contribution < -0.4 is 5.32 Å². The summed E-state index contributed by atoms with van der Waals surface area (Å²) in [6, 6.07) is 4.05. The van der Waals surface area contributed by atoms with E-state index in [1.165, 1.54) is 35.1 Å². The number of hydrogen-bond acceptors (Lipinski definition) is 7. The lowest BCUT2D eigenvalue weighted by Crippen LogP contribution is -2.17. The molecule has 0 radical (unpaired) electrons. The molecule has 3 aromatic heterocycles. The van der Waals surface area contributed by atoms with E-state index < -0.39 is 0 Å². The average molecular weight is 460 g/mol. The molecule has 10 heteroatoms. The molecule has 0 aromatic carbocycles. The second-order valence-electron chi connectivity index (χ2n) is 7.49. The van der Waals surface area contributed by atoms with Crippen molar-refractivity contribution in [2.75, 3.05) is 18.2 Å². The standard InChI is InChI=1S/C21H25N5O3S2/c1-25-10-6-7-13(25)11-16-23-24-21(26(16)2)30-12-17(27)22-19-18(20(28)29-3)14-8-4-5-9-15(14)31-19/h6-7,10H,4-5,8-9,11-12H2,1-3H3,(H,22,27). The van der Waals surface area contributed by atoms with E-state index in [1.807, 2.05) is 30.9 Å². The molecule has 1 N–H and O–H groups in total. The summed E-state index contributed by atoms with van der Waals surface area (Å²) >= 11 is 2.81. The van der Waals surface area contributed by atoms with E-state index in [0.717, 1.165) is 42.8 Å². The molecule has 1 aliphatic carbocycles. The second kappa shape index (κ2) is 9.27. The summed E-state index contributed by atoms with van der Waals surface area (Å²) in [5.41, 5.74) is 2.69. The van der Waals surface area contributed by atoms with Crippen molar-refractivity contribution in [1.82, 2.24) is 19.3 Å². The van der Waals surface area contributed by atoms with Gasteiger partial charge in [-0.2, -0.15) is 0 Å². The van der Waals surface area contributed by atoms with Crippen LogP contribution in [0.1, 0.15) is 45.2 Å². The van der Waals surface area contributed by atoms with Crippen LogP contribution in [0.2, 0.25) is 0 Å². The zero-order valence-corrected chi connectivity index (χ0v) is 19.4. The van der Waals surface area contributed by atoms with Crippen LogP contribution in [0.5, 0.6) is 0 Å². The highest BCUT2D eigenvalue weighted by Crippen LogP contribution is 2.38. The number of fused-ring (bicyclic) bond motifs is 1. The Kier molecular flexibility index (Phi) is 6.47. The summed E-state index contributed by atoms with van der Waals surface area (Å²) < 4.78 is 8.93. The van der Waals surface area contributed by atoms with E-state index in [0.29, 0.717) is 22.1 Å². The van der Waals surface area contributed by atoms with Crippen molar-refractivity contribution >= 4 is 40.0 Å². The molecule has 3 heterocycles. The third kappa shape index (κ3) is 4.54. The molecule has 164 valence electrons. The number of thioether (sulfide) groups is 1. The lowest BCUT2D eigenvalue weighted by atomic mass is 9.95. The van der Waals surface area contributed by atoms with Crippen LogP contribution in [0.3, 0.4) is 0 Å². The van der Waals surface area contributed by atoms with Crippen molar-refractivity contribution in [3.05, 3.63) is 45.9 Å². The van der Waals surface area contributed by atoms with E-state index in [2.05, 4.69) is 26.1 Å². The molecule has 1 amide bonds. The fourth-order valence-electron chi connectivity index (χ4n) is 3.73. The van der Waals surface area contributed by atoms with Crippen molar-refractivity contribution in [3.8, 4) is 0 Å². The number of anilines is 1. The van der Waals surface area contributed by atoms with E-state index >= 15 is 0 Å². The quantitative estimate of drug-likeness (QED) is 0.431. The molecular formula is C21H25N5O3S2. The van der Waals surface area contributed by atoms with Crippen LogP contribution in [0, 0.1) is 0 Å². The lowest BCUT2D eigenvalue weighted by molar-refractivity contribution is -0.113. The van der Waals surface area contributed by atoms with Gasteiger partial charge in [-0.05, 0) is 43.4 Å². The minimum atomic E-state index is -0.388. The fraction of sp³-hybridized carbons (Fsp3) is 0.429. The highest BCUT2D eigenvalue weighted by atomic mass is 32.2. The smallest absolute Gasteiger partial charge is 0.341 e. The SMILES string of the molecule is COC(=O)c1c(NC(=O)CSc2nnc(Cc3cccn3C)n2C)sc2c1CCCC2. The maximum atomic E-state index is 12.6. The van der Waals surface area contributed by atoms with Gasteiger partial charge < -0.3 is 19.2 Å². The molecule has 0 aliphatic heterocycles. The highest BCUT2D eigenvalue weighted by Gasteiger charge is 2.27. The number of nitrogens with zero attached hydrogens (tertiary/aromatic N) is 4. The normalized spacial score (nSPS) is 13.1. The molecule has 0 atom stereocenters. The summed E-state index contributed by atoms with van der Waals surface area (Å²) in [7, 11) is 5.27. The number of carbonyl (C=O) groups excluding carboxylic acids is 2. The Balaban J connectivity index is 1.42. The average Bonchev–Trinajstić information content (AvgIpc) is 3.44. The van der Waals surface area contributed by atoms with Crippen molar-refractivity contribution in [2.24, 2.45) is 14.1 Å². The first kappa shape index (κ1) is 21.6. The molecule has 0 saturated carbocycles. The minimum absolute atomic E-state index is 0.180. The molecule has 8 nitrogen and oxygen atoms in total. The second-order valence-corrected chi connectivity index (χ2v) is 9.54. The number of ether oxygens (including phenoxy) is 1. The Labute approximate surface area is 189 Å². The summed E-state index contributed by atoms with van der Waals surface area (Å²) in [5, 5.41) is 12.7. The number of amides is 1. The van der Waals surface area contributed by atoms with Crippen LogP contribution in [0.25, 0.3) is 0 Å². The third-order valence-electron chi connectivity index (χ3n) is 5.46. The number of esters is 1. The number of nitrogens with one attached hydrogen (secondary N) is 1. The Morgan fingerprint density at radius 1 is 1.26 bits per heavy atom. The molecule has 0 saturated heterocycles. The Hall–Kier alpha value is -2.59. The summed E-state index contributed by atoms with van der Waals surface area (Å²) in [4.78, 5) is 26.2. The van der Waals surface area contributed by atoms with Crippen molar-refractivity contribution in [3.63, 3.8) is 0 Å². The van der Waals surface area contributed by atoms with Gasteiger partial charge in [-0.1, -0.05) is 11.8 Å². The number of thiophene rings is 1. The zero-order valence-electron chi connectivity index (χ0n) is 17.8. The summed E-state index contributed by atoms with van der Waals surface area (Å²) in [5.74, 6) is 0.449. The number of carbonyl (C=O) groups is 2. The number of methoxy groups -OCH3 is 1. The van der Waals surface area contributed by atoms with Gasteiger partial charge in [0.1, 0.15) is 10.8 Å². The van der Waals surface area contributed by atoms with Gasteiger partial charge in [-0.15, -0.1) is 21.5 Å². The zero-order chi connectivity index (χ0) is 22.0. The topological polar surface area (TPSA) is 91.0 Å². The van der Waals surface area contributed by atoms with Gasteiger partial charge in [-0.3, -0.25) is 4.79 Å². The molecule has 0 spiro atoms. The van der Waals surface area contributed by atoms with Gasteiger partial charge in [0.05, 0.1) is 18.4 Å². The molecule has 3 aromatic rings. The van der Waals surface area contributed by atoms with Gasteiger partial charge in [0.15, 0.2) is 5.16 Å². The molecule has 4 rings (SSSR count). The molecule has 0 fully saturated rings. The predicted molar refractivity (Wildman–Crippen MR) is 121 cm³/mol. The third-order valence-corrected chi connectivity index (χ3v) is 7.69. The first-order valence-corrected chi connectivity index (χ1v) is 11.9. The summed E-state index contributed by atoms with van der Waals surface area (Å²) in [6.45, 7) is 0. The van der Waals surface area contributed by atoms with E-state index in [9.17, 15) is 9.59 Å². The number of aryl methyl sites for hydroxylation is 2. The van der Waals surface area contributed by atoms with Crippen LogP contribution in [0.4, 0.5) is 5.00 Å². The van der Waals surface area contributed by atoms with Crippen LogP contribution in [-0.4, -0.2) is 44.1 Å². The molecule has 0 unspecified atom stereocenters. The van der Waals surface area contributed by atoms with Gasteiger partial charge in [0.25, 0.3) is 0 Å². The van der Waals surface area contributed by atoms with Crippen molar-refractivity contribution in [2.45, 2.75) is 37.3 Å². The minimum Gasteiger partial charge on any atom is -0.465 e. The van der Waals surface area contributed by atoms with E-state index in [4.69, 9.17) is 4.74 Å². The Morgan fingerprint density at radius 2 is 2.06 bits per heavy atom. The van der Waals surface area contributed by atoms with Gasteiger partial charge in [-0.25, -0.2) is 4.79 Å². The first-order valence-electron chi connectivity index (χ1n) is 10.1. The van der Waals surface area contributed by atoms with Crippen LogP contribution >= 0.6 is 23.1 Å². The maximum absolute atomic E-state index is 12.6. The van der Waals surface area contributed by atoms with E-state index in [-0.39, 0.29) is 17.6 Å². The molecule has 1 aliphatic rings. The lowest BCUT2D eigenvalue weighted by Gasteiger charge is -2.11. The van der Waals surface area contributed by atoms with E-state index in [1.54, 1.807) is 0 Å². The molecule has 31 heavy (non-hydrogen) atoms. The van der Waals surface area contributed by atoms with Crippen LogP contribution in [-0.2, 0) is 42.9 Å². The predicted octanol–water partition coefficient (Wildman–Crippen LogP) is 3.20. The van der Waals surface area contributed by atoms with Gasteiger partial charge >= 0.3 is 5.97 Å². The molecular weight excluding hydrogens is 434 g/mol. The monoisotopic (exact) mass is 459 g/mol. The first-order chi connectivity index (χ1) is 15.0. The number of aromatic nitrogens is 4. The summed E-state index contributed by atoms with van der Waals surface area (Å²) in [6.07, 6.45) is 6.61. The largest absolute Gasteiger partial charge is 0.465 e. The van der Waals surface area contributed by atoms with Gasteiger partial charge in [0, 0.05) is 37.3 Å². The van der Waals surface area contributed by atoms with Gasteiger partial charge in [0.2, 0.25) is 5.91 Å². The van der Waals surface area contributed by atoms with Crippen LogP contribution in [0.15, 0.2) is 23.5 Å².